The lowest BCUT2D eigenvalue weighted by atomic mass is 9.88. The minimum absolute atomic E-state index is 0.0820. The van der Waals surface area contributed by atoms with Crippen LogP contribution in [0.25, 0.3) is 0 Å². The molecule has 24 heavy (non-hydrogen) atoms. The van der Waals surface area contributed by atoms with Crippen LogP contribution in [0.5, 0.6) is 0 Å². The molecule has 0 radical (unpaired) electrons. The minimum atomic E-state index is -0.820. The fourth-order valence-electron chi connectivity index (χ4n) is 3.44. The van der Waals surface area contributed by atoms with Gasteiger partial charge in [-0.1, -0.05) is 6.07 Å². The molecule has 2 saturated heterocycles. The fourth-order valence-corrected chi connectivity index (χ4v) is 3.44. The Labute approximate surface area is 144 Å². The summed E-state index contributed by atoms with van der Waals surface area (Å²) in [6.07, 6.45) is 3.50. The number of amides is 1. The predicted molar refractivity (Wildman–Crippen MR) is 94.1 cm³/mol. The maximum Gasteiger partial charge on any atom is 0.225 e. The number of aryl methyl sites for hydroxylation is 1. The summed E-state index contributed by atoms with van der Waals surface area (Å²) in [4.78, 5) is 23.3. The average molecular weight is 332 g/mol. The lowest BCUT2D eigenvalue weighted by molar-refractivity contribution is -0.138. The Morgan fingerprint density at radius 2 is 1.83 bits per heavy atom. The van der Waals surface area contributed by atoms with Crippen LogP contribution in [-0.2, 0) is 4.79 Å². The van der Waals surface area contributed by atoms with Crippen LogP contribution in [0, 0.1) is 6.92 Å². The van der Waals surface area contributed by atoms with Crippen LogP contribution in [0.4, 0.5) is 5.82 Å². The summed E-state index contributed by atoms with van der Waals surface area (Å²) in [6.45, 7) is 6.73. The van der Waals surface area contributed by atoms with Gasteiger partial charge in [0.2, 0.25) is 5.91 Å². The first-order valence-corrected chi connectivity index (χ1v) is 8.81. The molecule has 0 aliphatic carbocycles. The molecule has 3 rings (SSSR count). The lowest BCUT2D eigenvalue weighted by Crippen LogP contribution is -2.52. The molecule has 6 heteroatoms. The molecule has 0 bridgehead atoms. The Bertz CT molecular complexity index is 559. The normalized spacial score (nSPS) is 21.8. The number of piperazine rings is 1. The SMILES string of the molecule is Cc1ccc(N2CCN(C(=O)CC3(O)CCN(C)CC3)CC2)nc1. The van der Waals surface area contributed by atoms with Crippen LogP contribution < -0.4 is 4.90 Å². The van der Waals surface area contributed by atoms with Gasteiger partial charge in [-0.25, -0.2) is 4.98 Å². The van der Waals surface area contributed by atoms with Gasteiger partial charge in [0.15, 0.2) is 0 Å². The van der Waals surface area contributed by atoms with Crippen LogP contribution in [0.2, 0.25) is 0 Å². The summed E-state index contributed by atoms with van der Waals surface area (Å²) >= 11 is 0. The zero-order valence-corrected chi connectivity index (χ0v) is 14.7. The number of hydrogen-bond donors (Lipinski definition) is 1. The van der Waals surface area contributed by atoms with Crippen molar-refractivity contribution < 1.29 is 9.90 Å². The number of pyridine rings is 1. The van der Waals surface area contributed by atoms with E-state index < -0.39 is 5.60 Å². The molecular weight excluding hydrogens is 304 g/mol. The molecule has 1 aromatic rings. The molecule has 0 atom stereocenters. The number of carbonyl (C=O) groups is 1. The van der Waals surface area contributed by atoms with Crippen molar-refractivity contribution in [1.29, 1.82) is 0 Å². The van der Waals surface area contributed by atoms with E-state index in [9.17, 15) is 9.90 Å². The highest BCUT2D eigenvalue weighted by atomic mass is 16.3. The van der Waals surface area contributed by atoms with Crippen LogP contribution in [0.15, 0.2) is 18.3 Å². The van der Waals surface area contributed by atoms with Crippen LogP contribution in [0.1, 0.15) is 24.8 Å². The molecular formula is C18H28N4O2. The van der Waals surface area contributed by atoms with E-state index in [-0.39, 0.29) is 12.3 Å². The highest BCUT2D eigenvalue weighted by Crippen LogP contribution is 2.26. The van der Waals surface area contributed by atoms with E-state index in [1.54, 1.807) is 0 Å². The van der Waals surface area contributed by atoms with E-state index in [1.165, 1.54) is 0 Å². The standard InChI is InChI=1S/C18H28N4O2/c1-15-3-4-16(19-14-15)21-9-11-22(12-10-21)17(23)13-18(24)5-7-20(2)8-6-18/h3-4,14,24H,5-13H2,1-2H3. The summed E-state index contributed by atoms with van der Waals surface area (Å²) in [6, 6.07) is 4.10. The maximum absolute atomic E-state index is 12.6. The molecule has 1 N–H and O–H groups in total. The molecule has 2 aliphatic rings. The van der Waals surface area contributed by atoms with Gasteiger partial charge in [-0.15, -0.1) is 0 Å². The van der Waals surface area contributed by atoms with E-state index in [0.717, 1.165) is 37.6 Å². The largest absolute Gasteiger partial charge is 0.389 e. The van der Waals surface area contributed by atoms with Crippen LogP contribution in [0.3, 0.4) is 0 Å². The van der Waals surface area contributed by atoms with Gasteiger partial charge in [0, 0.05) is 45.5 Å². The number of hydrogen-bond acceptors (Lipinski definition) is 5. The van der Waals surface area contributed by atoms with Crippen LogP contribution in [-0.4, -0.2) is 77.7 Å². The Morgan fingerprint density at radius 3 is 2.42 bits per heavy atom. The van der Waals surface area contributed by atoms with Gasteiger partial charge >= 0.3 is 0 Å². The summed E-state index contributed by atoms with van der Waals surface area (Å²) in [5.74, 6) is 1.06. The average Bonchev–Trinajstić information content (AvgIpc) is 2.59. The number of aliphatic hydroxyl groups is 1. The summed E-state index contributed by atoms with van der Waals surface area (Å²) in [5.41, 5.74) is 0.332. The number of nitrogens with zero attached hydrogens (tertiary/aromatic N) is 4. The molecule has 0 unspecified atom stereocenters. The monoisotopic (exact) mass is 332 g/mol. The molecule has 3 heterocycles. The van der Waals surface area contributed by atoms with E-state index in [1.807, 2.05) is 24.1 Å². The number of rotatable bonds is 3. The number of aromatic nitrogens is 1. The number of carbonyl (C=O) groups excluding carboxylic acids is 1. The van der Waals surface area contributed by atoms with E-state index >= 15 is 0 Å². The third-order valence-electron chi connectivity index (χ3n) is 5.25. The van der Waals surface area contributed by atoms with Crippen molar-refractivity contribution in [3.8, 4) is 0 Å². The molecule has 0 spiro atoms. The smallest absolute Gasteiger partial charge is 0.225 e. The molecule has 0 aromatic carbocycles. The van der Waals surface area contributed by atoms with E-state index in [0.29, 0.717) is 25.9 Å². The molecule has 2 aliphatic heterocycles. The Balaban J connectivity index is 1.51. The first-order valence-electron chi connectivity index (χ1n) is 8.81. The Kier molecular flexibility index (Phi) is 5.06. The zero-order chi connectivity index (χ0) is 17.2. The Morgan fingerprint density at radius 1 is 1.17 bits per heavy atom. The van der Waals surface area contributed by atoms with Crippen LogP contribution >= 0.6 is 0 Å². The molecule has 1 amide bonds. The van der Waals surface area contributed by atoms with E-state index in [4.69, 9.17) is 0 Å². The van der Waals surface area contributed by atoms with Crippen molar-refractivity contribution >= 4 is 11.7 Å². The van der Waals surface area contributed by atoms with Crippen molar-refractivity contribution in [2.24, 2.45) is 0 Å². The third kappa shape index (κ3) is 4.05. The second-order valence-corrected chi connectivity index (χ2v) is 7.27. The van der Waals surface area contributed by atoms with Crippen molar-refractivity contribution in [3.63, 3.8) is 0 Å². The van der Waals surface area contributed by atoms with Crippen molar-refractivity contribution in [1.82, 2.24) is 14.8 Å². The number of anilines is 1. The first kappa shape index (κ1) is 17.2. The summed E-state index contributed by atoms with van der Waals surface area (Å²) in [7, 11) is 2.06. The molecule has 132 valence electrons. The third-order valence-corrected chi connectivity index (χ3v) is 5.25. The van der Waals surface area contributed by atoms with Gasteiger partial charge in [-0.05, 0) is 38.4 Å². The van der Waals surface area contributed by atoms with Gasteiger partial charge in [0.25, 0.3) is 0 Å². The fraction of sp³-hybridized carbons (Fsp3) is 0.667. The van der Waals surface area contributed by atoms with Crippen molar-refractivity contribution in [2.45, 2.75) is 31.8 Å². The van der Waals surface area contributed by atoms with Gasteiger partial charge in [-0.2, -0.15) is 0 Å². The highest BCUT2D eigenvalue weighted by Gasteiger charge is 2.35. The second-order valence-electron chi connectivity index (χ2n) is 7.27. The highest BCUT2D eigenvalue weighted by molar-refractivity contribution is 5.77. The van der Waals surface area contributed by atoms with E-state index in [2.05, 4.69) is 27.9 Å². The zero-order valence-electron chi connectivity index (χ0n) is 14.7. The van der Waals surface area contributed by atoms with Gasteiger partial charge in [0.05, 0.1) is 12.0 Å². The quantitative estimate of drug-likeness (QED) is 0.891. The first-order chi connectivity index (χ1) is 11.5. The topological polar surface area (TPSA) is 59.9 Å². The minimum Gasteiger partial charge on any atom is -0.389 e. The van der Waals surface area contributed by atoms with Gasteiger partial charge in [0.1, 0.15) is 5.82 Å². The van der Waals surface area contributed by atoms with Gasteiger partial charge < -0.3 is 19.8 Å². The summed E-state index contributed by atoms with van der Waals surface area (Å²) < 4.78 is 0. The van der Waals surface area contributed by atoms with Crippen molar-refractivity contribution in [3.05, 3.63) is 23.9 Å². The Hall–Kier alpha value is -1.66. The van der Waals surface area contributed by atoms with Gasteiger partial charge in [-0.3, -0.25) is 4.79 Å². The summed E-state index contributed by atoms with van der Waals surface area (Å²) in [5, 5.41) is 10.7. The number of piperidine rings is 1. The predicted octanol–water partition coefficient (Wildman–Crippen LogP) is 0.885. The maximum atomic E-state index is 12.6. The molecule has 2 fully saturated rings. The molecule has 1 aromatic heterocycles. The molecule has 6 nitrogen and oxygen atoms in total. The molecule has 0 saturated carbocycles. The second kappa shape index (κ2) is 7.07. The lowest BCUT2D eigenvalue weighted by Gasteiger charge is -2.39. The number of likely N-dealkylation sites (tertiary alicyclic amines) is 1. The van der Waals surface area contributed by atoms with Crippen molar-refractivity contribution in [2.75, 3.05) is 51.2 Å².